The molecule has 2 aromatic rings. The molecule has 1 heterocycles. The number of nitrogens with two attached hydrogens (primary N) is 1. The van der Waals surface area contributed by atoms with Crippen molar-refractivity contribution in [2.24, 2.45) is 0 Å². The highest BCUT2D eigenvalue weighted by atomic mass is 16.5. The number of methoxy groups -OCH3 is 1. The molecule has 100 valence electrons. The Bertz CT molecular complexity index is 528. The molecule has 0 aliphatic heterocycles. The quantitative estimate of drug-likeness (QED) is 0.837. The van der Waals surface area contributed by atoms with E-state index in [4.69, 9.17) is 10.5 Å². The van der Waals surface area contributed by atoms with Crippen molar-refractivity contribution >= 4 is 11.4 Å². The molecule has 0 aliphatic rings. The van der Waals surface area contributed by atoms with Crippen LogP contribution in [0.5, 0.6) is 5.75 Å². The Morgan fingerprint density at radius 1 is 1.21 bits per heavy atom. The number of pyridine rings is 1. The Kier molecular flexibility index (Phi) is 4.23. The lowest BCUT2D eigenvalue weighted by Crippen LogP contribution is -2.23. The van der Waals surface area contributed by atoms with Crippen LogP contribution in [0.4, 0.5) is 11.4 Å². The van der Waals surface area contributed by atoms with Crippen LogP contribution in [-0.2, 0) is 6.54 Å². The summed E-state index contributed by atoms with van der Waals surface area (Å²) in [5, 5.41) is 0. The largest absolute Gasteiger partial charge is 0.497 e. The minimum atomic E-state index is 0.732. The zero-order valence-electron chi connectivity index (χ0n) is 11.3. The molecule has 1 aromatic heterocycles. The van der Waals surface area contributed by atoms with Gasteiger partial charge in [-0.25, -0.2) is 0 Å². The molecular formula is C15H19N3O. The van der Waals surface area contributed by atoms with Gasteiger partial charge in [0.05, 0.1) is 18.5 Å². The Hall–Kier alpha value is -2.23. The number of rotatable bonds is 5. The highest BCUT2D eigenvalue weighted by Gasteiger charge is 2.09. The van der Waals surface area contributed by atoms with E-state index in [2.05, 4.69) is 16.8 Å². The highest BCUT2D eigenvalue weighted by molar-refractivity contribution is 5.69. The van der Waals surface area contributed by atoms with Gasteiger partial charge in [0.1, 0.15) is 5.75 Å². The van der Waals surface area contributed by atoms with Gasteiger partial charge in [0.2, 0.25) is 0 Å². The maximum Gasteiger partial charge on any atom is 0.121 e. The first-order valence-electron chi connectivity index (χ1n) is 6.32. The maximum absolute atomic E-state index is 6.09. The Morgan fingerprint density at radius 2 is 1.95 bits per heavy atom. The van der Waals surface area contributed by atoms with Gasteiger partial charge in [-0.1, -0.05) is 0 Å². The summed E-state index contributed by atoms with van der Waals surface area (Å²) < 4.78 is 5.17. The number of benzene rings is 1. The molecule has 2 N–H and O–H groups in total. The molecule has 4 heteroatoms. The van der Waals surface area contributed by atoms with E-state index in [1.807, 2.05) is 30.3 Å². The molecule has 0 saturated carbocycles. The lowest BCUT2D eigenvalue weighted by molar-refractivity contribution is 0.415. The van der Waals surface area contributed by atoms with Gasteiger partial charge in [0.15, 0.2) is 0 Å². The minimum absolute atomic E-state index is 0.732. The lowest BCUT2D eigenvalue weighted by atomic mass is 10.2. The Morgan fingerprint density at radius 3 is 2.53 bits per heavy atom. The SMILES string of the molecule is CCN(Cc1ccncc1)c1ccc(OC)cc1N. The molecule has 0 fully saturated rings. The normalized spacial score (nSPS) is 10.2. The van der Waals surface area contributed by atoms with Crippen molar-refractivity contribution in [2.75, 3.05) is 24.3 Å². The average molecular weight is 257 g/mol. The predicted molar refractivity (Wildman–Crippen MR) is 78.4 cm³/mol. The summed E-state index contributed by atoms with van der Waals surface area (Å²) in [5.74, 6) is 0.779. The van der Waals surface area contributed by atoms with Crippen LogP contribution < -0.4 is 15.4 Å². The van der Waals surface area contributed by atoms with Crippen LogP contribution in [0.2, 0.25) is 0 Å². The molecule has 0 spiro atoms. The van der Waals surface area contributed by atoms with Crippen molar-refractivity contribution < 1.29 is 4.74 Å². The molecule has 0 aliphatic carbocycles. The molecule has 0 radical (unpaired) electrons. The van der Waals surface area contributed by atoms with Crippen molar-refractivity contribution in [2.45, 2.75) is 13.5 Å². The second-order valence-corrected chi connectivity index (χ2v) is 4.29. The number of nitrogen functional groups attached to an aromatic ring is 1. The van der Waals surface area contributed by atoms with Crippen LogP contribution in [0.1, 0.15) is 12.5 Å². The Labute approximate surface area is 113 Å². The molecule has 1 aromatic carbocycles. The fraction of sp³-hybridized carbons (Fsp3) is 0.267. The first-order valence-corrected chi connectivity index (χ1v) is 6.32. The second kappa shape index (κ2) is 6.09. The summed E-state index contributed by atoms with van der Waals surface area (Å²) in [6.07, 6.45) is 3.61. The van der Waals surface area contributed by atoms with Gasteiger partial charge in [0.25, 0.3) is 0 Å². The van der Waals surface area contributed by atoms with Crippen LogP contribution in [-0.4, -0.2) is 18.6 Å². The molecule has 4 nitrogen and oxygen atoms in total. The smallest absolute Gasteiger partial charge is 0.121 e. The first kappa shape index (κ1) is 13.2. The molecule has 19 heavy (non-hydrogen) atoms. The summed E-state index contributed by atoms with van der Waals surface area (Å²) >= 11 is 0. The van der Waals surface area contributed by atoms with Gasteiger partial charge in [-0.15, -0.1) is 0 Å². The van der Waals surface area contributed by atoms with E-state index in [9.17, 15) is 0 Å². The number of hydrogen-bond donors (Lipinski definition) is 1. The topological polar surface area (TPSA) is 51.4 Å². The molecule has 0 saturated heterocycles. The zero-order valence-corrected chi connectivity index (χ0v) is 11.3. The molecular weight excluding hydrogens is 238 g/mol. The lowest BCUT2D eigenvalue weighted by Gasteiger charge is -2.25. The summed E-state index contributed by atoms with van der Waals surface area (Å²) in [5.41, 5.74) is 9.07. The number of aromatic nitrogens is 1. The van der Waals surface area contributed by atoms with Crippen LogP contribution in [0.15, 0.2) is 42.7 Å². The number of nitrogens with zero attached hydrogens (tertiary/aromatic N) is 2. The van der Waals surface area contributed by atoms with Crippen molar-refractivity contribution in [3.8, 4) is 5.75 Å². The van der Waals surface area contributed by atoms with Gasteiger partial charge < -0.3 is 15.4 Å². The van der Waals surface area contributed by atoms with Gasteiger partial charge in [-0.3, -0.25) is 4.98 Å². The molecule has 2 rings (SSSR count). The van der Waals surface area contributed by atoms with Gasteiger partial charge in [-0.05, 0) is 36.8 Å². The van der Waals surface area contributed by atoms with Crippen LogP contribution in [0.3, 0.4) is 0 Å². The van der Waals surface area contributed by atoms with E-state index in [1.165, 1.54) is 5.56 Å². The van der Waals surface area contributed by atoms with E-state index >= 15 is 0 Å². The molecule has 0 atom stereocenters. The Balaban J connectivity index is 2.22. The van der Waals surface area contributed by atoms with E-state index in [-0.39, 0.29) is 0 Å². The van der Waals surface area contributed by atoms with Gasteiger partial charge in [0, 0.05) is 31.5 Å². The third-order valence-electron chi connectivity index (χ3n) is 3.08. The standard InChI is InChI=1S/C15H19N3O/c1-3-18(11-12-6-8-17-9-7-12)15-5-4-13(19-2)10-14(15)16/h4-10H,3,11,16H2,1-2H3. The van der Waals surface area contributed by atoms with Gasteiger partial charge >= 0.3 is 0 Å². The van der Waals surface area contributed by atoms with Crippen molar-refractivity contribution in [3.05, 3.63) is 48.3 Å². The molecule has 0 bridgehead atoms. The monoisotopic (exact) mass is 257 g/mol. The maximum atomic E-state index is 6.09. The van der Waals surface area contributed by atoms with E-state index in [1.54, 1.807) is 19.5 Å². The van der Waals surface area contributed by atoms with Crippen molar-refractivity contribution in [1.82, 2.24) is 4.98 Å². The average Bonchev–Trinajstić information content (AvgIpc) is 2.46. The summed E-state index contributed by atoms with van der Waals surface area (Å²) in [4.78, 5) is 6.26. The molecule has 0 amide bonds. The highest BCUT2D eigenvalue weighted by Crippen LogP contribution is 2.28. The number of hydrogen-bond acceptors (Lipinski definition) is 4. The van der Waals surface area contributed by atoms with Crippen LogP contribution >= 0.6 is 0 Å². The predicted octanol–water partition coefficient (Wildman–Crippen LogP) is 2.70. The fourth-order valence-corrected chi connectivity index (χ4v) is 2.02. The first-order chi connectivity index (χ1) is 9.24. The van der Waals surface area contributed by atoms with Crippen LogP contribution in [0.25, 0.3) is 0 Å². The van der Waals surface area contributed by atoms with E-state index in [0.29, 0.717) is 0 Å². The van der Waals surface area contributed by atoms with Crippen molar-refractivity contribution in [1.29, 1.82) is 0 Å². The number of anilines is 2. The van der Waals surface area contributed by atoms with Crippen LogP contribution in [0, 0.1) is 0 Å². The summed E-state index contributed by atoms with van der Waals surface area (Å²) in [6.45, 7) is 3.82. The summed E-state index contributed by atoms with van der Waals surface area (Å²) in [7, 11) is 1.64. The minimum Gasteiger partial charge on any atom is -0.497 e. The number of ether oxygens (including phenoxy) is 1. The van der Waals surface area contributed by atoms with Gasteiger partial charge in [-0.2, -0.15) is 0 Å². The summed E-state index contributed by atoms with van der Waals surface area (Å²) in [6, 6.07) is 9.81. The third kappa shape index (κ3) is 3.16. The second-order valence-electron chi connectivity index (χ2n) is 4.29. The van der Waals surface area contributed by atoms with Crippen molar-refractivity contribution in [3.63, 3.8) is 0 Å². The van der Waals surface area contributed by atoms with E-state index < -0.39 is 0 Å². The fourth-order valence-electron chi connectivity index (χ4n) is 2.02. The third-order valence-corrected chi connectivity index (χ3v) is 3.08. The molecule has 0 unspecified atom stereocenters. The zero-order chi connectivity index (χ0) is 13.7. The van der Waals surface area contributed by atoms with E-state index in [0.717, 1.165) is 30.2 Å².